The molecule has 2 rings (SSSR count). The second-order valence-corrected chi connectivity index (χ2v) is 4.15. The number of thiazole rings is 1. The molecule has 84 valence electrons. The zero-order valence-corrected chi connectivity index (χ0v) is 10.2. The Morgan fingerprint density at radius 3 is 2.88 bits per heavy atom. The molecule has 0 N–H and O–H groups in total. The summed E-state index contributed by atoms with van der Waals surface area (Å²) in [6, 6.07) is 7.41. The molecular formula is C11H10ClNO2S. The van der Waals surface area contributed by atoms with Crippen LogP contribution in [0.5, 0.6) is 16.7 Å². The van der Waals surface area contributed by atoms with Crippen molar-refractivity contribution in [3.8, 4) is 16.7 Å². The van der Waals surface area contributed by atoms with E-state index < -0.39 is 0 Å². The van der Waals surface area contributed by atoms with Crippen LogP contribution in [0.25, 0.3) is 0 Å². The molecule has 0 spiro atoms. The number of aromatic nitrogens is 1. The molecule has 5 heteroatoms. The monoisotopic (exact) mass is 255 g/mol. The van der Waals surface area contributed by atoms with Gasteiger partial charge >= 0.3 is 0 Å². The molecule has 1 heterocycles. The van der Waals surface area contributed by atoms with Gasteiger partial charge in [0.15, 0.2) is 0 Å². The van der Waals surface area contributed by atoms with Crippen LogP contribution in [-0.4, -0.2) is 11.6 Å². The van der Waals surface area contributed by atoms with Gasteiger partial charge in [-0.1, -0.05) is 29.0 Å². The lowest BCUT2D eigenvalue weighted by atomic mass is 10.3. The average Bonchev–Trinajstić information content (AvgIpc) is 2.65. The second kappa shape index (κ2) is 5.18. The molecule has 0 aliphatic heterocycles. The van der Waals surface area contributed by atoms with Crippen molar-refractivity contribution in [1.29, 1.82) is 0 Å². The van der Waals surface area contributed by atoms with Crippen LogP contribution in [-0.2, 0) is 0 Å². The Bertz CT molecular complexity index is 473. The maximum atomic E-state index is 5.70. The van der Waals surface area contributed by atoms with Crippen molar-refractivity contribution >= 4 is 22.9 Å². The van der Waals surface area contributed by atoms with Gasteiger partial charge in [-0.3, -0.25) is 0 Å². The number of hydrogen-bond donors (Lipinski definition) is 0. The van der Waals surface area contributed by atoms with Crippen molar-refractivity contribution in [3.05, 3.63) is 34.8 Å². The smallest absolute Gasteiger partial charge is 0.280 e. The summed E-state index contributed by atoms with van der Waals surface area (Å²) in [5.41, 5.74) is 0. The lowest BCUT2D eigenvalue weighted by molar-refractivity contribution is 0.338. The Balaban J connectivity index is 2.12. The third-order valence-electron chi connectivity index (χ3n) is 1.78. The molecule has 0 bridgehead atoms. The maximum Gasteiger partial charge on any atom is 0.280 e. The van der Waals surface area contributed by atoms with Gasteiger partial charge < -0.3 is 9.47 Å². The highest BCUT2D eigenvalue weighted by atomic mass is 35.5. The molecule has 0 fully saturated rings. The highest BCUT2D eigenvalue weighted by Crippen LogP contribution is 2.28. The topological polar surface area (TPSA) is 31.4 Å². The Morgan fingerprint density at radius 1 is 1.38 bits per heavy atom. The first kappa shape index (κ1) is 11.2. The average molecular weight is 256 g/mol. The van der Waals surface area contributed by atoms with Gasteiger partial charge in [0.25, 0.3) is 5.19 Å². The fraction of sp³-hybridized carbons (Fsp3) is 0.182. The predicted octanol–water partition coefficient (Wildman–Crippen LogP) is 3.99. The van der Waals surface area contributed by atoms with Gasteiger partial charge in [0, 0.05) is 11.4 Å². The molecule has 1 aromatic carbocycles. The van der Waals surface area contributed by atoms with E-state index in [9.17, 15) is 0 Å². The summed E-state index contributed by atoms with van der Waals surface area (Å²) in [5, 5.41) is 2.70. The molecular weight excluding hydrogens is 246 g/mol. The normalized spacial score (nSPS) is 10.1. The van der Waals surface area contributed by atoms with E-state index in [-0.39, 0.29) is 0 Å². The minimum Gasteiger partial charge on any atom is -0.494 e. The fourth-order valence-electron chi connectivity index (χ4n) is 1.18. The van der Waals surface area contributed by atoms with Gasteiger partial charge in [-0.2, -0.15) is 4.98 Å². The highest BCUT2D eigenvalue weighted by Gasteiger charge is 2.03. The van der Waals surface area contributed by atoms with Gasteiger partial charge in [-0.15, -0.1) is 0 Å². The number of hydrogen-bond acceptors (Lipinski definition) is 4. The van der Waals surface area contributed by atoms with Crippen molar-refractivity contribution in [2.24, 2.45) is 0 Å². The lowest BCUT2D eigenvalue weighted by Crippen LogP contribution is -1.91. The standard InChI is InChI=1S/C11H10ClNO2S/c1-2-14-8-4-3-5-9(6-8)15-11-13-10(12)7-16-11/h3-7H,2H2,1H3. The van der Waals surface area contributed by atoms with E-state index in [4.69, 9.17) is 21.1 Å². The Hall–Kier alpha value is -1.26. The van der Waals surface area contributed by atoms with Crippen molar-refractivity contribution in [3.63, 3.8) is 0 Å². The Labute approximate surface area is 103 Å². The molecule has 3 nitrogen and oxygen atoms in total. The number of benzene rings is 1. The van der Waals surface area contributed by atoms with E-state index in [0.717, 1.165) is 5.75 Å². The SMILES string of the molecule is CCOc1cccc(Oc2nc(Cl)cs2)c1. The van der Waals surface area contributed by atoms with Crippen molar-refractivity contribution in [2.45, 2.75) is 6.92 Å². The molecule has 1 aromatic heterocycles. The summed E-state index contributed by atoms with van der Waals surface area (Å²) in [7, 11) is 0. The van der Waals surface area contributed by atoms with Gasteiger partial charge in [0.2, 0.25) is 0 Å². The fourth-order valence-corrected chi connectivity index (χ4v) is 1.99. The quantitative estimate of drug-likeness (QED) is 0.828. The minimum absolute atomic E-state index is 0.445. The molecule has 0 unspecified atom stereocenters. The molecule has 16 heavy (non-hydrogen) atoms. The lowest BCUT2D eigenvalue weighted by Gasteiger charge is -2.05. The molecule has 0 aliphatic carbocycles. The third kappa shape index (κ3) is 2.87. The van der Waals surface area contributed by atoms with Crippen LogP contribution in [0, 0.1) is 0 Å². The van der Waals surface area contributed by atoms with Crippen molar-refractivity contribution in [1.82, 2.24) is 4.98 Å². The van der Waals surface area contributed by atoms with Crippen LogP contribution in [0.2, 0.25) is 5.15 Å². The second-order valence-electron chi connectivity index (χ2n) is 2.95. The number of nitrogens with zero attached hydrogens (tertiary/aromatic N) is 1. The summed E-state index contributed by atoms with van der Waals surface area (Å²) in [6.07, 6.45) is 0. The highest BCUT2D eigenvalue weighted by molar-refractivity contribution is 7.11. The van der Waals surface area contributed by atoms with E-state index in [2.05, 4.69) is 4.98 Å². The van der Waals surface area contributed by atoms with E-state index in [1.54, 1.807) is 5.38 Å². The van der Waals surface area contributed by atoms with Gasteiger partial charge in [0.05, 0.1) is 6.61 Å². The van der Waals surface area contributed by atoms with Crippen LogP contribution in [0.1, 0.15) is 6.92 Å². The van der Waals surface area contributed by atoms with Crippen molar-refractivity contribution in [2.75, 3.05) is 6.61 Å². The molecule has 0 aliphatic rings. The summed E-state index contributed by atoms with van der Waals surface area (Å²) >= 11 is 7.06. The van der Waals surface area contributed by atoms with Crippen LogP contribution in [0.4, 0.5) is 0 Å². The molecule has 0 amide bonds. The van der Waals surface area contributed by atoms with Crippen LogP contribution in [0.15, 0.2) is 29.6 Å². The minimum atomic E-state index is 0.445. The first-order valence-corrected chi connectivity index (χ1v) is 6.05. The van der Waals surface area contributed by atoms with Crippen LogP contribution in [0.3, 0.4) is 0 Å². The number of halogens is 1. The van der Waals surface area contributed by atoms with Crippen LogP contribution >= 0.6 is 22.9 Å². The molecule has 0 radical (unpaired) electrons. The first-order chi connectivity index (χ1) is 7.78. The van der Waals surface area contributed by atoms with E-state index in [1.807, 2.05) is 31.2 Å². The third-order valence-corrected chi connectivity index (χ3v) is 2.82. The van der Waals surface area contributed by atoms with Gasteiger partial charge in [0.1, 0.15) is 16.7 Å². The van der Waals surface area contributed by atoms with E-state index >= 15 is 0 Å². The number of ether oxygens (including phenoxy) is 2. The largest absolute Gasteiger partial charge is 0.494 e. The summed E-state index contributed by atoms with van der Waals surface area (Å²) < 4.78 is 10.9. The van der Waals surface area contributed by atoms with E-state index in [1.165, 1.54) is 11.3 Å². The molecule has 0 saturated carbocycles. The van der Waals surface area contributed by atoms with Gasteiger partial charge in [-0.05, 0) is 19.1 Å². The molecule has 2 aromatic rings. The number of rotatable bonds is 4. The zero-order valence-electron chi connectivity index (χ0n) is 8.64. The summed E-state index contributed by atoms with van der Waals surface area (Å²) in [6.45, 7) is 2.57. The van der Waals surface area contributed by atoms with Crippen LogP contribution < -0.4 is 9.47 Å². The molecule has 0 atom stereocenters. The summed E-state index contributed by atoms with van der Waals surface area (Å²) in [5.74, 6) is 1.47. The van der Waals surface area contributed by atoms with Crippen molar-refractivity contribution < 1.29 is 9.47 Å². The van der Waals surface area contributed by atoms with Gasteiger partial charge in [-0.25, -0.2) is 0 Å². The molecule has 0 saturated heterocycles. The Kier molecular flexibility index (Phi) is 3.64. The predicted molar refractivity (Wildman–Crippen MR) is 64.8 cm³/mol. The zero-order chi connectivity index (χ0) is 11.4. The van der Waals surface area contributed by atoms with E-state index in [0.29, 0.717) is 22.7 Å². The maximum absolute atomic E-state index is 5.70. The first-order valence-electron chi connectivity index (χ1n) is 4.79. The summed E-state index contributed by atoms with van der Waals surface area (Å²) in [4.78, 5) is 4.00. The Morgan fingerprint density at radius 2 is 2.19 bits per heavy atom.